The lowest BCUT2D eigenvalue weighted by Crippen LogP contribution is -2.13. The molecule has 0 aliphatic rings. The Kier molecular flexibility index (Phi) is 8.18. The standard InChI is InChI=1S/C24H17BrCl2N2O3/c1-31-22-12-16(10-17(13-28)24(30)29-21-5-3-2-4-19(21)26)11-20(27)23(22)32-14-15-6-8-18(25)9-7-15/h2-12H,14H2,1H3,(H,29,30)/b17-10+. The first-order valence-corrected chi connectivity index (χ1v) is 10.9. The van der Waals surface area contributed by atoms with Gasteiger partial charge in [-0.1, -0.05) is 63.4 Å². The molecule has 32 heavy (non-hydrogen) atoms. The summed E-state index contributed by atoms with van der Waals surface area (Å²) in [7, 11) is 1.49. The van der Waals surface area contributed by atoms with Crippen molar-refractivity contribution in [1.29, 1.82) is 5.26 Å². The average molecular weight is 532 g/mol. The summed E-state index contributed by atoms with van der Waals surface area (Å²) in [5.41, 5.74) is 1.76. The zero-order valence-electron chi connectivity index (χ0n) is 16.9. The second-order valence-corrected chi connectivity index (χ2v) is 8.28. The Morgan fingerprint density at radius 1 is 1.12 bits per heavy atom. The third kappa shape index (κ3) is 6.04. The van der Waals surface area contributed by atoms with Crippen molar-refractivity contribution in [3.05, 3.63) is 91.9 Å². The van der Waals surface area contributed by atoms with Gasteiger partial charge in [0, 0.05) is 4.47 Å². The van der Waals surface area contributed by atoms with Gasteiger partial charge in [-0.25, -0.2) is 0 Å². The fourth-order valence-corrected chi connectivity index (χ4v) is 3.49. The van der Waals surface area contributed by atoms with E-state index < -0.39 is 5.91 Å². The Balaban J connectivity index is 1.82. The van der Waals surface area contributed by atoms with Gasteiger partial charge >= 0.3 is 0 Å². The number of carbonyl (C=O) groups is 1. The number of amides is 1. The maximum atomic E-state index is 12.5. The summed E-state index contributed by atoms with van der Waals surface area (Å²) in [6.45, 7) is 0.294. The van der Waals surface area contributed by atoms with Gasteiger partial charge in [-0.15, -0.1) is 0 Å². The van der Waals surface area contributed by atoms with Crippen LogP contribution in [0, 0.1) is 11.3 Å². The normalized spacial score (nSPS) is 10.9. The van der Waals surface area contributed by atoms with Gasteiger partial charge < -0.3 is 14.8 Å². The minimum absolute atomic E-state index is 0.119. The monoisotopic (exact) mass is 530 g/mol. The molecule has 0 aliphatic carbocycles. The van der Waals surface area contributed by atoms with E-state index in [-0.39, 0.29) is 10.6 Å². The second-order valence-electron chi connectivity index (χ2n) is 6.55. The molecule has 1 N–H and O–H groups in total. The van der Waals surface area contributed by atoms with E-state index in [4.69, 9.17) is 32.7 Å². The van der Waals surface area contributed by atoms with Crippen LogP contribution < -0.4 is 14.8 Å². The first-order valence-electron chi connectivity index (χ1n) is 9.33. The molecule has 0 spiro atoms. The third-order valence-electron chi connectivity index (χ3n) is 4.35. The zero-order valence-corrected chi connectivity index (χ0v) is 20.0. The number of halogens is 3. The van der Waals surface area contributed by atoms with E-state index >= 15 is 0 Å². The predicted molar refractivity (Wildman–Crippen MR) is 130 cm³/mol. The number of rotatable bonds is 7. The average Bonchev–Trinajstić information content (AvgIpc) is 2.79. The molecule has 0 heterocycles. The molecule has 0 atom stereocenters. The molecule has 1 amide bonds. The van der Waals surface area contributed by atoms with E-state index in [2.05, 4.69) is 21.2 Å². The van der Waals surface area contributed by atoms with Crippen LogP contribution in [0.25, 0.3) is 6.08 Å². The number of nitriles is 1. The molecule has 0 saturated heterocycles. The molecule has 0 aliphatic heterocycles. The summed E-state index contributed by atoms with van der Waals surface area (Å²) in [6, 6.07) is 19.6. The highest BCUT2D eigenvalue weighted by atomic mass is 79.9. The Labute approximate surface area is 204 Å². The highest BCUT2D eigenvalue weighted by Gasteiger charge is 2.15. The fraction of sp³-hybridized carbons (Fsp3) is 0.0833. The molecule has 3 aromatic rings. The van der Waals surface area contributed by atoms with Gasteiger partial charge in [-0.3, -0.25) is 4.79 Å². The number of hydrogen-bond donors (Lipinski definition) is 1. The van der Waals surface area contributed by atoms with Crippen molar-refractivity contribution in [3.8, 4) is 17.6 Å². The van der Waals surface area contributed by atoms with Crippen molar-refractivity contribution in [2.45, 2.75) is 6.61 Å². The lowest BCUT2D eigenvalue weighted by molar-refractivity contribution is -0.112. The zero-order chi connectivity index (χ0) is 23.1. The Bertz CT molecular complexity index is 1200. The number of carbonyl (C=O) groups excluding carboxylic acids is 1. The van der Waals surface area contributed by atoms with Crippen LogP contribution in [0.3, 0.4) is 0 Å². The quantitative estimate of drug-likeness (QED) is 0.266. The lowest BCUT2D eigenvalue weighted by atomic mass is 10.1. The molecule has 0 aromatic heterocycles. The topological polar surface area (TPSA) is 71.3 Å². The van der Waals surface area contributed by atoms with Crippen LogP contribution in [0.1, 0.15) is 11.1 Å². The van der Waals surface area contributed by atoms with Crippen LogP contribution in [0.5, 0.6) is 11.5 Å². The van der Waals surface area contributed by atoms with Gasteiger partial charge in [0.05, 0.1) is 22.8 Å². The minimum Gasteiger partial charge on any atom is -0.493 e. The largest absolute Gasteiger partial charge is 0.493 e. The maximum Gasteiger partial charge on any atom is 0.266 e. The number of hydrogen-bond acceptors (Lipinski definition) is 4. The molecule has 0 radical (unpaired) electrons. The Hall–Kier alpha value is -2.98. The molecule has 162 valence electrons. The summed E-state index contributed by atoms with van der Waals surface area (Å²) in [5, 5.41) is 12.8. The maximum absolute atomic E-state index is 12.5. The Morgan fingerprint density at radius 2 is 1.84 bits per heavy atom. The number of nitrogens with zero attached hydrogens (tertiary/aromatic N) is 1. The van der Waals surface area contributed by atoms with Crippen molar-refractivity contribution >= 4 is 56.8 Å². The third-order valence-corrected chi connectivity index (χ3v) is 5.49. The van der Waals surface area contributed by atoms with Crippen molar-refractivity contribution in [2.24, 2.45) is 0 Å². The van der Waals surface area contributed by atoms with Crippen LogP contribution in [0.2, 0.25) is 10.0 Å². The highest BCUT2D eigenvalue weighted by Crippen LogP contribution is 2.37. The second kappa shape index (κ2) is 11.1. The lowest BCUT2D eigenvalue weighted by Gasteiger charge is -2.14. The van der Waals surface area contributed by atoms with Crippen LogP contribution in [0.4, 0.5) is 5.69 Å². The van der Waals surface area contributed by atoms with E-state index in [0.717, 1.165) is 10.0 Å². The first-order chi connectivity index (χ1) is 15.4. The predicted octanol–water partition coefficient (Wildman–Crippen LogP) is 6.89. The first kappa shape index (κ1) is 23.7. The van der Waals surface area contributed by atoms with Gasteiger partial charge in [0.25, 0.3) is 5.91 Å². The fourth-order valence-electron chi connectivity index (χ4n) is 2.77. The number of ether oxygens (including phenoxy) is 2. The van der Waals surface area contributed by atoms with Crippen molar-refractivity contribution in [2.75, 3.05) is 12.4 Å². The minimum atomic E-state index is -0.591. The summed E-state index contributed by atoms with van der Waals surface area (Å²) in [4.78, 5) is 12.5. The van der Waals surface area contributed by atoms with Gasteiger partial charge in [0.1, 0.15) is 18.2 Å². The molecule has 0 bridgehead atoms. The van der Waals surface area contributed by atoms with Crippen LogP contribution in [-0.2, 0) is 11.4 Å². The Morgan fingerprint density at radius 3 is 2.50 bits per heavy atom. The molecule has 3 rings (SSSR count). The van der Waals surface area contributed by atoms with Crippen LogP contribution in [-0.4, -0.2) is 13.0 Å². The van der Waals surface area contributed by atoms with E-state index in [1.54, 1.807) is 36.4 Å². The van der Waals surface area contributed by atoms with Crippen molar-refractivity contribution < 1.29 is 14.3 Å². The molecule has 8 heteroatoms. The molecule has 0 saturated carbocycles. The van der Waals surface area contributed by atoms with Crippen LogP contribution >= 0.6 is 39.1 Å². The van der Waals surface area contributed by atoms with Gasteiger partial charge in [0.15, 0.2) is 11.5 Å². The SMILES string of the molecule is COc1cc(/C=C(\C#N)C(=O)Nc2ccccc2Cl)cc(Cl)c1OCc1ccc(Br)cc1. The van der Waals surface area contributed by atoms with E-state index in [0.29, 0.717) is 34.4 Å². The van der Waals surface area contributed by atoms with Crippen LogP contribution in [0.15, 0.2) is 70.7 Å². The smallest absolute Gasteiger partial charge is 0.266 e. The molecule has 5 nitrogen and oxygen atoms in total. The summed E-state index contributed by atoms with van der Waals surface area (Å²) in [5.74, 6) is 0.157. The number of methoxy groups -OCH3 is 1. The summed E-state index contributed by atoms with van der Waals surface area (Å²) < 4.78 is 12.2. The number of benzene rings is 3. The van der Waals surface area contributed by atoms with Crippen molar-refractivity contribution in [1.82, 2.24) is 0 Å². The number of nitrogens with one attached hydrogen (secondary N) is 1. The van der Waals surface area contributed by atoms with E-state index in [9.17, 15) is 10.1 Å². The van der Waals surface area contributed by atoms with Gasteiger partial charge in [0.2, 0.25) is 0 Å². The number of anilines is 1. The van der Waals surface area contributed by atoms with Gasteiger partial charge in [-0.2, -0.15) is 5.26 Å². The molecule has 3 aromatic carbocycles. The van der Waals surface area contributed by atoms with Crippen molar-refractivity contribution in [3.63, 3.8) is 0 Å². The summed E-state index contributed by atoms with van der Waals surface area (Å²) >= 11 is 15.9. The summed E-state index contributed by atoms with van der Waals surface area (Å²) in [6.07, 6.45) is 1.42. The van der Waals surface area contributed by atoms with Gasteiger partial charge in [-0.05, 0) is 53.6 Å². The molecule has 0 unspecified atom stereocenters. The molecule has 0 fully saturated rings. The molecular weight excluding hydrogens is 515 g/mol. The number of para-hydroxylation sites is 1. The van der Waals surface area contributed by atoms with E-state index in [1.165, 1.54) is 13.2 Å². The highest BCUT2D eigenvalue weighted by molar-refractivity contribution is 9.10. The van der Waals surface area contributed by atoms with E-state index in [1.807, 2.05) is 30.3 Å². The molecular formula is C24H17BrCl2N2O3.